The molecule has 0 radical (unpaired) electrons. The molecule has 7 heteroatoms. The average Bonchev–Trinajstić information content (AvgIpc) is 3.30. The number of hydrogen-bond acceptors (Lipinski definition) is 6. The summed E-state index contributed by atoms with van der Waals surface area (Å²) in [6.45, 7) is 1.15. The number of anilines is 2. The maximum atomic E-state index is 5.68. The second kappa shape index (κ2) is 5.78. The molecule has 1 aliphatic heterocycles. The van der Waals surface area contributed by atoms with E-state index in [4.69, 9.17) is 9.47 Å². The lowest BCUT2D eigenvalue weighted by Crippen LogP contribution is -2.15. The third-order valence-electron chi connectivity index (χ3n) is 4.00. The normalized spacial score (nSPS) is 13.1. The molecule has 25 heavy (non-hydrogen) atoms. The van der Waals surface area contributed by atoms with E-state index in [0.717, 1.165) is 34.3 Å². The van der Waals surface area contributed by atoms with Crippen molar-refractivity contribution in [1.82, 2.24) is 14.4 Å². The van der Waals surface area contributed by atoms with Crippen LogP contribution < -0.4 is 14.8 Å². The van der Waals surface area contributed by atoms with Crippen molar-refractivity contribution in [3.8, 4) is 22.8 Å². The molecule has 0 amide bonds. The third-order valence-corrected chi connectivity index (χ3v) is 4.69. The Morgan fingerprint density at radius 1 is 1.12 bits per heavy atom. The summed E-state index contributed by atoms with van der Waals surface area (Å²) in [5.41, 5.74) is 2.84. The molecule has 5 rings (SSSR count). The van der Waals surface area contributed by atoms with Crippen LogP contribution in [0.5, 0.6) is 11.5 Å². The van der Waals surface area contributed by atoms with Gasteiger partial charge in [0.1, 0.15) is 24.7 Å². The quantitative estimate of drug-likeness (QED) is 0.606. The number of imidazole rings is 1. The predicted molar refractivity (Wildman–Crippen MR) is 97.0 cm³/mol. The predicted octanol–water partition coefficient (Wildman–Crippen LogP) is 3.97. The van der Waals surface area contributed by atoms with Crippen molar-refractivity contribution in [3.05, 3.63) is 53.5 Å². The van der Waals surface area contributed by atoms with Crippen LogP contribution in [0.25, 0.3) is 17.0 Å². The number of thiophene rings is 1. The van der Waals surface area contributed by atoms with Crippen LogP contribution in [0.2, 0.25) is 0 Å². The van der Waals surface area contributed by atoms with E-state index in [-0.39, 0.29) is 0 Å². The maximum absolute atomic E-state index is 5.68. The molecule has 6 nitrogen and oxygen atoms in total. The molecule has 1 aliphatic rings. The fourth-order valence-corrected chi connectivity index (χ4v) is 3.51. The molecule has 0 saturated heterocycles. The molecule has 1 aromatic carbocycles. The van der Waals surface area contributed by atoms with E-state index >= 15 is 0 Å². The number of fused-ring (bicyclic) bond motifs is 2. The SMILES string of the molecule is c1cnc2nc(-c3ccsc3)c(Nc3ccc4c(c3)OCCO4)n2c1. The topological polar surface area (TPSA) is 60.7 Å². The van der Waals surface area contributed by atoms with Crippen LogP contribution in [0.15, 0.2) is 53.5 Å². The molecule has 0 fully saturated rings. The van der Waals surface area contributed by atoms with Crippen molar-refractivity contribution in [1.29, 1.82) is 0 Å². The molecule has 4 heterocycles. The third kappa shape index (κ3) is 2.49. The highest BCUT2D eigenvalue weighted by Crippen LogP contribution is 2.36. The molecular weight excluding hydrogens is 336 g/mol. The fraction of sp³-hybridized carbons (Fsp3) is 0.111. The Kier molecular flexibility index (Phi) is 3.31. The van der Waals surface area contributed by atoms with Gasteiger partial charge in [-0.05, 0) is 29.6 Å². The standard InChI is InChI=1S/C18H14N4O2S/c1-5-19-18-21-16(12-4-9-25-11-12)17(22(18)6-1)20-13-2-3-14-15(10-13)24-8-7-23-14/h1-6,9-11,20H,7-8H2. The number of rotatable bonds is 3. The van der Waals surface area contributed by atoms with Gasteiger partial charge >= 0.3 is 0 Å². The minimum Gasteiger partial charge on any atom is -0.486 e. The van der Waals surface area contributed by atoms with Gasteiger partial charge in [-0.1, -0.05) is 0 Å². The zero-order chi connectivity index (χ0) is 16.6. The van der Waals surface area contributed by atoms with E-state index in [1.54, 1.807) is 17.5 Å². The Morgan fingerprint density at radius 2 is 2.04 bits per heavy atom. The van der Waals surface area contributed by atoms with Crippen molar-refractivity contribution in [2.24, 2.45) is 0 Å². The average molecular weight is 350 g/mol. The van der Waals surface area contributed by atoms with Crippen LogP contribution >= 0.6 is 11.3 Å². The second-order valence-electron chi connectivity index (χ2n) is 5.59. The number of ether oxygens (including phenoxy) is 2. The van der Waals surface area contributed by atoms with Gasteiger partial charge in [-0.25, -0.2) is 9.97 Å². The zero-order valence-electron chi connectivity index (χ0n) is 13.2. The number of nitrogens with zero attached hydrogens (tertiary/aromatic N) is 3. The highest BCUT2D eigenvalue weighted by molar-refractivity contribution is 7.08. The Balaban J connectivity index is 1.61. The van der Waals surface area contributed by atoms with Gasteiger partial charge in [0.2, 0.25) is 5.78 Å². The van der Waals surface area contributed by atoms with Crippen LogP contribution in [0.4, 0.5) is 11.5 Å². The smallest absolute Gasteiger partial charge is 0.235 e. The molecule has 0 aliphatic carbocycles. The second-order valence-corrected chi connectivity index (χ2v) is 6.37. The van der Waals surface area contributed by atoms with Crippen LogP contribution in [0, 0.1) is 0 Å². The maximum Gasteiger partial charge on any atom is 0.235 e. The minimum atomic E-state index is 0.566. The molecule has 0 saturated carbocycles. The van der Waals surface area contributed by atoms with Gasteiger partial charge in [0.05, 0.1) is 0 Å². The Bertz CT molecular complexity index is 1040. The summed E-state index contributed by atoms with van der Waals surface area (Å²) in [6, 6.07) is 9.79. The summed E-state index contributed by atoms with van der Waals surface area (Å²) >= 11 is 1.64. The number of benzene rings is 1. The van der Waals surface area contributed by atoms with Crippen molar-refractivity contribution < 1.29 is 9.47 Å². The molecule has 3 aromatic heterocycles. The summed E-state index contributed by atoms with van der Waals surface area (Å²) < 4.78 is 13.2. The van der Waals surface area contributed by atoms with E-state index in [1.165, 1.54) is 0 Å². The first-order valence-electron chi connectivity index (χ1n) is 7.91. The van der Waals surface area contributed by atoms with E-state index in [1.807, 2.05) is 40.2 Å². The number of nitrogens with one attached hydrogen (secondary N) is 1. The van der Waals surface area contributed by atoms with Gasteiger partial charge in [-0.15, -0.1) is 0 Å². The first-order chi connectivity index (χ1) is 12.4. The van der Waals surface area contributed by atoms with Gasteiger partial charge in [-0.3, -0.25) is 4.40 Å². The van der Waals surface area contributed by atoms with Crippen LogP contribution in [0.3, 0.4) is 0 Å². The number of hydrogen-bond donors (Lipinski definition) is 1. The minimum absolute atomic E-state index is 0.566. The van der Waals surface area contributed by atoms with Crippen molar-refractivity contribution >= 4 is 28.6 Å². The Hall–Kier alpha value is -3.06. The van der Waals surface area contributed by atoms with Gasteiger partial charge in [0.25, 0.3) is 0 Å². The molecular formula is C18H14N4O2S. The Morgan fingerprint density at radius 3 is 2.92 bits per heavy atom. The molecule has 124 valence electrons. The van der Waals surface area contributed by atoms with Crippen LogP contribution in [0.1, 0.15) is 0 Å². The van der Waals surface area contributed by atoms with Gasteiger partial charge < -0.3 is 14.8 Å². The van der Waals surface area contributed by atoms with Crippen LogP contribution in [-0.2, 0) is 0 Å². The molecule has 1 N–H and O–H groups in total. The van der Waals surface area contributed by atoms with Gasteiger partial charge in [0.15, 0.2) is 11.5 Å². The summed E-state index contributed by atoms with van der Waals surface area (Å²) in [4.78, 5) is 9.03. The van der Waals surface area contributed by atoms with Crippen molar-refractivity contribution in [3.63, 3.8) is 0 Å². The van der Waals surface area contributed by atoms with Crippen molar-refractivity contribution in [2.75, 3.05) is 18.5 Å². The highest BCUT2D eigenvalue weighted by Gasteiger charge is 2.17. The molecule has 0 atom stereocenters. The lowest BCUT2D eigenvalue weighted by Gasteiger charge is -2.19. The van der Waals surface area contributed by atoms with Crippen molar-refractivity contribution in [2.45, 2.75) is 0 Å². The first-order valence-corrected chi connectivity index (χ1v) is 8.85. The molecule has 0 spiro atoms. The van der Waals surface area contributed by atoms with E-state index in [2.05, 4.69) is 26.7 Å². The van der Waals surface area contributed by atoms with E-state index < -0.39 is 0 Å². The van der Waals surface area contributed by atoms with E-state index in [9.17, 15) is 0 Å². The summed E-state index contributed by atoms with van der Waals surface area (Å²) in [7, 11) is 0. The summed E-state index contributed by atoms with van der Waals surface area (Å²) in [5.74, 6) is 3.05. The molecule has 4 aromatic rings. The fourth-order valence-electron chi connectivity index (χ4n) is 2.87. The lowest BCUT2D eigenvalue weighted by atomic mass is 10.2. The van der Waals surface area contributed by atoms with Crippen LogP contribution in [-0.4, -0.2) is 27.6 Å². The molecule has 0 unspecified atom stereocenters. The largest absolute Gasteiger partial charge is 0.486 e. The zero-order valence-corrected chi connectivity index (χ0v) is 14.0. The monoisotopic (exact) mass is 350 g/mol. The van der Waals surface area contributed by atoms with Gasteiger partial charge in [-0.2, -0.15) is 11.3 Å². The molecule has 0 bridgehead atoms. The van der Waals surface area contributed by atoms with Gasteiger partial charge in [0, 0.05) is 35.1 Å². The first kappa shape index (κ1) is 14.3. The summed E-state index contributed by atoms with van der Waals surface area (Å²) in [6.07, 6.45) is 3.69. The lowest BCUT2D eigenvalue weighted by molar-refractivity contribution is 0.171. The summed E-state index contributed by atoms with van der Waals surface area (Å²) in [5, 5.41) is 7.59. The highest BCUT2D eigenvalue weighted by atomic mass is 32.1. The van der Waals surface area contributed by atoms with E-state index in [0.29, 0.717) is 19.0 Å². The number of aromatic nitrogens is 3. The Labute approximate surface area is 147 Å².